The largest absolute Gasteiger partial charge is 0.313 e. The standard InChI is InChI=1S/C18H35N/c1-5-18(12-6-7-13-18)14-19-16-10-8-15(9-11-16)17(2,3)4/h15-16,19H,5-14H2,1-4H3. The highest BCUT2D eigenvalue weighted by Gasteiger charge is 2.34. The second-order valence-electron chi connectivity index (χ2n) is 8.36. The molecule has 2 rings (SSSR count). The zero-order valence-corrected chi connectivity index (χ0v) is 13.7. The van der Waals surface area contributed by atoms with Crippen molar-refractivity contribution in [2.24, 2.45) is 16.7 Å². The Balaban J connectivity index is 1.74. The Labute approximate surface area is 120 Å². The van der Waals surface area contributed by atoms with Crippen molar-refractivity contribution >= 4 is 0 Å². The maximum absolute atomic E-state index is 3.93. The predicted molar refractivity (Wildman–Crippen MR) is 84.4 cm³/mol. The van der Waals surface area contributed by atoms with Gasteiger partial charge in [0.2, 0.25) is 0 Å². The highest BCUT2D eigenvalue weighted by atomic mass is 14.9. The summed E-state index contributed by atoms with van der Waals surface area (Å²) in [6.45, 7) is 10.9. The molecule has 0 aliphatic heterocycles. The number of hydrogen-bond donors (Lipinski definition) is 1. The van der Waals surface area contributed by atoms with Crippen molar-refractivity contribution in [3.63, 3.8) is 0 Å². The van der Waals surface area contributed by atoms with Gasteiger partial charge < -0.3 is 5.32 Å². The van der Waals surface area contributed by atoms with Crippen LogP contribution in [0.2, 0.25) is 0 Å². The molecule has 0 atom stereocenters. The molecule has 0 heterocycles. The van der Waals surface area contributed by atoms with Crippen molar-refractivity contribution in [1.29, 1.82) is 0 Å². The quantitative estimate of drug-likeness (QED) is 0.741. The Bertz CT molecular complexity index is 262. The first kappa shape index (κ1) is 15.4. The lowest BCUT2D eigenvalue weighted by molar-refractivity contribution is 0.151. The van der Waals surface area contributed by atoms with E-state index in [0.29, 0.717) is 10.8 Å². The van der Waals surface area contributed by atoms with Gasteiger partial charge in [-0.2, -0.15) is 0 Å². The van der Waals surface area contributed by atoms with E-state index < -0.39 is 0 Å². The van der Waals surface area contributed by atoms with Crippen LogP contribution in [0.5, 0.6) is 0 Å². The van der Waals surface area contributed by atoms with E-state index in [1.165, 1.54) is 64.3 Å². The van der Waals surface area contributed by atoms with E-state index >= 15 is 0 Å². The Kier molecular flexibility index (Phi) is 4.98. The summed E-state index contributed by atoms with van der Waals surface area (Å²) in [5.41, 5.74) is 1.17. The topological polar surface area (TPSA) is 12.0 Å². The number of nitrogens with one attached hydrogen (secondary N) is 1. The molecule has 0 bridgehead atoms. The molecule has 19 heavy (non-hydrogen) atoms. The van der Waals surface area contributed by atoms with Gasteiger partial charge in [0.15, 0.2) is 0 Å². The van der Waals surface area contributed by atoms with E-state index in [0.717, 1.165) is 12.0 Å². The third-order valence-corrected chi connectivity index (χ3v) is 6.13. The minimum Gasteiger partial charge on any atom is -0.313 e. The smallest absolute Gasteiger partial charge is 0.00675 e. The molecule has 0 aromatic carbocycles. The van der Waals surface area contributed by atoms with Crippen LogP contribution in [0.1, 0.15) is 85.5 Å². The fourth-order valence-corrected chi connectivity index (χ4v) is 4.30. The van der Waals surface area contributed by atoms with Crippen LogP contribution < -0.4 is 5.32 Å². The minimum atomic E-state index is 0.515. The summed E-state index contributed by atoms with van der Waals surface area (Å²) in [7, 11) is 0. The molecule has 2 aliphatic carbocycles. The molecule has 112 valence electrons. The zero-order valence-electron chi connectivity index (χ0n) is 13.7. The van der Waals surface area contributed by atoms with E-state index in [1.54, 1.807) is 0 Å². The third kappa shape index (κ3) is 3.97. The molecule has 0 unspecified atom stereocenters. The van der Waals surface area contributed by atoms with Gasteiger partial charge in [0.25, 0.3) is 0 Å². The second-order valence-corrected chi connectivity index (χ2v) is 8.36. The van der Waals surface area contributed by atoms with Gasteiger partial charge in [-0.25, -0.2) is 0 Å². The van der Waals surface area contributed by atoms with Crippen LogP contribution in [0.25, 0.3) is 0 Å². The third-order valence-electron chi connectivity index (χ3n) is 6.13. The second kappa shape index (κ2) is 6.16. The van der Waals surface area contributed by atoms with Crippen molar-refractivity contribution in [1.82, 2.24) is 5.32 Å². The monoisotopic (exact) mass is 265 g/mol. The summed E-state index contributed by atoms with van der Waals surface area (Å²) in [6.07, 6.45) is 12.9. The summed E-state index contributed by atoms with van der Waals surface area (Å²) < 4.78 is 0. The van der Waals surface area contributed by atoms with Crippen molar-refractivity contribution in [2.45, 2.75) is 91.5 Å². The van der Waals surface area contributed by atoms with Gasteiger partial charge in [0.1, 0.15) is 0 Å². The molecular weight excluding hydrogens is 230 g/mol. The molecule has 1 N–H and O–H groups in total. The van der Waals surface area contributed by atoms with Crippen molar-refractivity contribution in [3.05, 3.63) is 0 Å². The van der Waals surface area contributed by atoms with Crippen LogP contribution >= 0.6 is 0 Å². The van der Waals surface area contributed by atoms with Crippen molar-refractivity contribution < 1.29 is 0 Å². The van der Waals surface area contributed by atoms with Gasteiger partial charge in [0.05, 0.1) is 0 Å². The van der Waals surface area contributed by atoms with Gasteiger partial charge >= 0.3 is 0 Å². The summed E-state index contributed by atoms with van der Waals surface area (Å²) in [5, 5.41) is 3.93. The van der Waals surface area contributed by atoms with Crippen molar-refractivity contribution in [2.75, 3.05) is 6.54 Å². The van der Waals surface area contributed by atoms with E-state index in [9.17, 15) is 0 Å². The van der Waals surface area contributed by atoms with Crippen molar-refractivity contribution in [3.8, 4) is 0 Å². The van der Waals surface area contributed by atoms with Crippen LogP contribution in [-0.4, -0.2) is 12.6 Å². The van der Waals surface area contributed by atoms with Crippen LogP contribution in [-0.2, 0) is 0 Å². The fraction of sp³-hybridized carbons (Fsp3) is 1.00. The number of hydrogen-bond acceptors (Lipinski definition) is 1. The van der Waals surface area contributed by atoms with Crippen LogP contribution in [0.4, 0.5) is 0 Å². The lowest BCUT2D eigenvalue weighted by Gasteiger charge is -2.38. The van der Waals surface area contributed by atoms with Crippen LogP contribution in [0.15, 0.2) is 0 Å². The Morgan fingerprint density at radius 1 is 1.00 bits per heavy atom. The molecular formula is C18H35N. The maximum Gasteiger partial charge on any atom is 0.00675 e. The Morgan fingerprint density at radius 3 is 2.05 bits per heavy atom. The molecule has 2 fully saturated rings. The summed E-state index contributed by atoms with van der Waals surface area (Å²) >= 11 is 0. The van der Waals surface area contributed by atoms with E-state index in [2.05, 4.69) is 33.0 Å². The lowest BCUT2D eigenvalue weighted by atomic mass is 9.71. The first-order valence-electron chi connectivity index (χ1n) is 8.69. The SMILES string of the molecule is CCC1(CNC2CCC(C(C)(C)C)CC2)CCCC1. The molecule has 0 aromatic rings. The van der Waals surface area contributed by atoms with Gasteiger partial charge in [-0.3, -0.25) is 0 Å². The first-order chi connectivity index (χ1) is 8.95. The summed E-state index contributed by atoms with van der Waals surface area (Å²) in [5.74, 6) is 0.942. The number of rotatable bonds is 4. The Morgan fingerprint density at radius 2 is 1.58 bits per heavy atom. The normalized spacial score (nSPS) is 31.6. The molecule has 2 saturated carbocycles. The first-order valence-corrected chi connectivity index (χ1v) is 8.69. The van der Waals surface area contributed by atoms with Gasteiger partial charge in [0, 0.05) is 12.6 Å². The van der Waals surface area contributed by atoms with Gasteiger partial charge in [-0.15, -0.1) is 0 Å². The molecule has 0 spiro atoms. The molecule has 2 aliphatic rings. The van der Waals surface area contributed by atoms with E-state index in [-0.39, 0.29) is 0 Å². The highest BCUT2D eigenvalue weighted by Crippen LogP contribution is 2.41. The lowest BCUT2D eigenvalue weighted by Crippen LogP contribution is -2.41. The maximum atomic E-state index is 3.93. The molecule has 0 aromatic heterocycles. The Hall–Kier alpha value is -0.0400. The van der Waals surface area contributed by atoms with E-state index in [4.69, 9.17) is 0 Å². The minimum absolute atomic E-state index is 0.515. The zero-order chi connectivity index (χ0) is 13.9. The fourth-order valence-electron chi connectivity index (χ4n) is 4.30. The van der Waals surface area contributed by atoms with Gasteiger partial charge in [-0.1, -0.05) is 40.5 Å². The predicted octanol–water partition coefficient (Wildman–Crippen LogP) is 5.15. The average molecular weight is 265 g/mol. The highest BCUT2D eigenvalue weighted by molar-refractivity contribution is 4.89. The summed E-state index contributed by atoms with van der Waals surface area (Å²) in [6, 6.07) is 0.808. The van der Waals surface area contributed by atoms with Crippen LogP contribution in [0.3, 0.4) is 0 Å². The van der Waals surface area contributed by atoms with Crippen LogP contribution in [0, 0.1) is 16.7 Å². The average Bonchev–Trinajstić information content (AvgIpc) is 2.85. The van der Waals surface area contributed by atoms with E-state index in [1.807, 2.05) is 0 Å². The molecule has 0 amide bonds. The molecule has 0 saturated heterocycles. The molecule has 1 nitrogen and oxygen atoms in total. The summed E-state index contributed by atoms with van der Waals surface area (Å²) in [4.78, 5) is 0. The molecule has 1 heteroatoms. The molecule has 0 radical (unpaired) electrons. The van der Waals surface area contributed by atoms with Gasteiger partial charge in [-0.05, 0) is 61.7 Å².